The fourth-order valence-corrected chi connectivity index (χ4v) is 7.13. The van der Waals surface area contributed by atoms with Gasteiger partial charge in [-0.1, -0.05) is 56.6 Å². The second kappa shape index (κ2) is 12.7. The van der Waals surface area contributed by atoms with Gasteiger partial charge in [-0.2, -0.15) is 5.26 Å². The minimum Gasteiger partial charge on any atom is -0.394 e. The molecule has 5 rings (SSSR count). The third kappa shape index (κ3) is 5.45. The molecule has 0 spiro atoms. The summed E-state index contributed by atoms with van der Waals surface area (Å²) in [5.74, 6) is -5.34. The third-order valence-electron chi connectivity index (χ3n) is 8.70. The van der Waals surface area contributed by atoms with E-state index in [-0.39, 0.29) is 75.9 Å². The Kier molecular flexibility index (Phi) is 9.18. The van der Waals surface area contributed by atoms with Crippen molar-refractivity contribution in [2.45, 2.75) is 52.7 Å². The quantitative estimate of drug-likeness (QED) is 0.139. The van der Waals surface area contributed by atoms with Gasteiger partial charge in [0.05, 0.1) is 33.0 Å². The van der Waals surface area contributed by atoms with Gasteiger partial charge < -0.3 is 15.5 Å². The van der Waals surface area contributed by atoms with Crippen LogP contribution in [0, 0.1) is 40.6 Å². The number of nitriles is 1. The minimum atomic E-state index is -1.66. The molecule has 4 atom stereocenters. The predicted molar refractivity (Wildman–Crippen MR) is 178 cm³/mol. The molecule has 0 bridgehead atoms. The smallest absolute Gasteiger partial charge is 0.272 e. The lowest BCUT2D eigenvalue weighted by molar-refractivity contribution is -0.130. The summed E-state index contributed by atoms with van der Waals surface area (Å²) in [5, 5.41) is 9.60. The zero-order valence-electron chi connectivity index (χ0n) is 26.3. The van der Waals surface area contributed by atoms with Crippen LogP contribution >= 0.6 is 23.2 Å². The van der Waals surface area contributed by atoms with E-state index >= 15 is 4.39 Å². The van der Waals surface area contributed by atoms with Gasteiger partial charge in [0, 0.05) is 48.4 Å². The molecule has 2 N–H and O–H groups in total. The maximum atomic E-state index is 15.5. The normalized spacial score (nSPS) is 21.3. The van der Waals surface area contributed by atoms with E-state index in [4.69, 9.17) is 28.9 Å². The molecule has 47 heavy (non-hydrogen) atoms. The molecule has 4 heterocycles. The second-order valence-corrected chi connectivity index (χ2v) is 12.9. The van der Waals surface area contributed by atoms with Crippen molar-refractivity contribution in [3.63, 3.8) is 0 Å². The molecule has 1 unspecified atom stereocenters. The number of fused-ring (bicyclic) bond motifs is 1. The predicted octanol–water partition coefficient (Wildman–Crippen LogP) is 6.65. The highest BCUT2D eigenvalue weighted by atomic mass is 35.5. The number of aliphatic imine (C=N–C) groups is 1. The molecule has 246 valence electrons. The summed E-state index contributed by atoms with van der Waals surface area (Å²) in [6, 6.07) is 2.05. The summed E-state index contributed by atoms with van der Waals surface area (Å²) in [5.41, 5.74) is 3.28. The number of nitrogens with zero attached hydrogens (tertiary/aromatic N) is 6. The van der Waals surface area contributed by atoms with Crippen LogP contribution in [-0.2, 0) is 4.79 Å². The van der Waals surface area contributed by atoms with Gasteiger partial charge in [-0.25, -0.2) is 18.2 Å². The monoisotopic (exact) mass is 685 g/mol. The average molecular weight is 687 g/mol. The Balaban J connectivity index is 1.91. The number of rotatable bonds is 5. The van der Waals surface area contributed by atoms with Crippen molar-refractivity contribution < 1.29 is 18.0 Å². The van der Waals surface area contributed by atoms with Crippen LogP contribution in [0.4, 0.5) is 24.5 Å². The molecule has 0 saturated carbocycles. The van der Waals surface area contributed by atoms with Crippen LogP contribution in [0.5, 0.6) is 0 Å². The minimum absolute atomic E-state index is 0.0208. The van der Waals surface area contributed by atoms with Gasteiger partial charge in [-0.05, 0) is 31.9 Å². The molecule has 3 aromatic rings. The molecule has 1 saturated heterocycles. The van der Waals surface area contributed by atoms with Crippen LogP contribution in [0.1, 0.15) is 46.2 Å². The number of nitrogens with two attached hydrogens (primary N) is 1. The van der Waals surface area contributed by atoms with Crippen molar-refractivity contribution in [2.24, 2.45) is 16.8 Å². The second-order valence-electron chi connectivity index (χ2n) is 12.2. The highest BCUT2D eigenvalue weighted by Crippen LogP contribution is 2.43. The molecular weight excluding hydrogens is 654 g/mol. The summed E-state index contributed by atoms with van der Waals surface area (Å²) in [6.07, 6.45) is 4.68. The fraction of sp³-hybridized carbons (Fsp3) is 0.364. The topological polar surface area (TPSA) is 121 Å². The molecule has 1 aromatic carbocycles. The Bertz CT molecular complexity index is 1960. The van der Waals surface area contributed by atoms with E-state index in [1.165, 1.54) is 16.7 Å². The maximum Gasteiger partial charge on any atom is 0.272 e. The molecule has 2 aromatic heterocycles. The lowest BCUT2D eigenvalue weighted by Crippen LogP contribution is -2.58. The standard InChI is InChI=1S/C33H32Cl2F3N7O2/c1-7-21(46)44-16(5)12-43(13-17(44)6)31-18-10-20(34)29(22-23(35)25(37)26(38)27(40)24(22)36)42-32(18)45(33(47)19(31)11-39)30-15(4)8-9-41-28(30)14(2)3/h7-10,14-17,30H,1,12-13,40H2,2-6H3/t15-,16-,17+,30?/m1/s1. The Morgan fingerprint density at radius 1 is 1.15 bits per heavy atom. The van der Waals surface area contributed by atoms with Gasteiger partial charge in [0.1, 0.15) is 23.0 Å². The van der Waals surface area contributed by atoms with Crippen LogP contribution in [0.25, 0.3) is 22.3 Å². The van der Waals surface area contributed by atoms with Crippen molar-refractivity contribution in [1.82, 2.24) is 14.5 Å². The van der Waals surface area contributed by atoms with Gasteiger partial charge in [0.15, 0.2) is 17.5 Å². The Hall–Kier alpha value is -4.34. The number of amides is 1. The zero-order valence-corrected chi connectivity index (χ0v) is 27.8. The number of halogens is 5. The van der Waals surface area contributed by atoms with Crippen LogP contribution < -0.4 is 16.2 Å². The van der Waals surface area contributed by atoms with Gasteiger partial charge in [0.25, 0.3) is 5.56 Å². The molecular formula is C33H32Cl2F3N7O2. The third-order valence-corrected chi connectivity index (χ3v) is 9.35. The number of anilines is 2. The Morgan fingerprint density at radius 3 is 2.36 bits per heavy atom. The number of piperazine rings is 1. The number of benzene rings is 1. The summed E-state index contributed by atoms with van der Waals surface area (Å²) in [6.45, 7) is 13.4. The first kappa shape index (κ1) is 34.0. The number of nitrogen functional groups attached to an aromatic ring is 1. The molecule has 2 aliphatic rings. The van der Waals surface area contributed by atoms with E-state index in [2.05, 4.69) is 22.6 Å². The largest absolute Gasteiger partial charge is 0.394 e. The van der Waals surface area contributed by atoms with Crippen molar-refractivity contribution in [3.8, 4) is 17.3 Å². The van der Waals surface area contributed by atoms with E-state index in [9.17, 15) is 23.6 Å². The van der Waals surface area contributed by atoms with E-state index in [1.807, 2.05) is 39.5 Å². The van der Waals surface area contributed by atoms with Crippen molar-refractivity contribution in [3.05, 3.63) is 74.4 Å². The van der Waals surface area contributed by atoms with Crippen molar-refractivity contribution in [2.75, 3.05) is 23.7 Å². The average Bonchev–Trinajstić information content (AvgIpc) is 3.02. The fourth-order valence-electron chi connectivity index (χ4n) is 6.63. The zero-order chi connectivity index (χ0) is 34.6. The van der Waals surface area contributed by atoms with Crippen LogP contribution in [0.15, 0.2) is 40.8 Å². The van der Waals surface area contributed by atoms with Gasteiger partial charge in [0.2, 0.25) is 5.91 Å². The van der Waals surface area contributed by atoms with Crippen LogP contribution in [0.2, 0.25) is 10.0 Å². The van der Waals surface area contributed by atoms with Crippen molar-refractivity contribution in [1.29, 1.82) is 5.26 Å². The van der Waals surface area contributed by atoms with Gasteiger partial charge in [-0.15, -0.1) is 0 Å². The molecule has 0 aliphatic carbocycles. The van der Waals surface area contributed by atoms with E-state index < -0.39 is 45.3 Å². The Labute approximate surface area is 279 Å². The molecule has 1 amide bonds. The van der Waals surface area contributed by atoms with Gasteiger partial charge >= 0.3 is 0 Å². The number of allylic oxidation sites excluding steroid dienone is 1. The number of hydrogen-bond acceptors (Lipinski definition) is 7. The summed E-state index contributed by atoms with van der Waals surface area (Å²) in [4.78, 5) is 39.9. The molecule has 2 aliphatic heterocycles. The summed E-state index contributed by atoms with van der Waals surface area (Å²) in [7, 11) is 0. The number of aromatic nitrogens is 2. The highest BCUT2D eigenvalue weighted by molar-refractivity contribution is 6.37. The van der Waals surface area contributed by atoms with E-state index in [0.717, 1.165) is 0 Å². The van der Waals surface area contributed by atoms with E-state index in [0.29, 0.717) is 5.71 Å². The summed E-state index contributed by atoms with van der Waals surface area (Å²) < 4.78 is 46.0. The SMILES string of the molecule is C=CC(=O)N1[C@H](C)CN(c2c(C#N)c(=O)n(C3C(C(C)C)=NC=C[C@H]3C)c3nc(-c4c(F)c(N)c(F)c(F)c4Cl)c(Cl)cc23)C[C@@H]1C. The van der Waals surface area contributed by atoms with E-state index in [1.54, 1.807) is 17.2 Å². The highest BCUT2D eigenvalue weighted by Gasteiger charge is 2.38. The maximum absolute atomic E-state index is 15.5. The number of pyridine rings is 2. The van der Waals surface area contributed by atoms with Gasteiger partial charge in [-0.3, -0.25) is 19.1 Å². The summed E-state index contributed by atoms with van der Waals surface area (Å²) >= 11 is 12.9. The van der Waals surface area contributed by atoms with Crippen molar-refractivity contribution >= 4 is 57.2 Å². The number of hydrogen-bond donors (Lipinski definition) is 1. The molecule has 1 fully saturated rings. The first-order valence-corrected chi connectivity index (χ1v) is 15.7. The first-order chi connectivity index (χ1) is 22.2. The lowest BCUT2D eigenvalue weighted by Gasteiger charge is -2.45. The molecule has 0 radical (unpaired) electrons. The number of carbonyl (C=O) groups excluding carboxylic acids is 1. The lowest BCUT2D eigenvalue weighted by atomic mass is 9.88. The Morgan fingerprint density at radius 2 is 1.79 bits per heavy atom. The first-order valence-electron chi connectivity index (χ1n) is 14.9. The molecule has 9 nitrogen and oxygen atoms in total. The van der Waals surface area contributed by atoms with Crippen LogP contribution in [-0.4, -0.2) is 51.2 Å². The van der Waals surface area contributed by atoms with Crippen LogP contribution in [0.3, 0.4) is 0 Å². The number of carbonyl (C=O) groups is 1. The molecule has 14 heteroatoms.